The van der Waals surface area contributed by atoms with Crippen molar-refractivity contribution in [2.75, 3.05) is 42.2 Å². The molecule has 2 aromatic carbocycles. The number of carbonyl (C=O) groups is 2. The molecule has 1 unspecified atom stereocenters. The molecule has 1 heterocycles. The fourth-order valence-electron chi connectivity index (χ4n) is 3.60. The van der Waals surface area contributed by atoms with E-state index in [-0.39, 0.29) is 12.3 Å². The van der Waals surface area contributed by atoms with Gasteiger partial charge in [0.05, 0.1) is 36.4 Å². The number of morpholine rings is 1. The molecule has 32 heavy (non-hydrogen) atoms. The van der Waals surface area contributed by atoms with Crippen LogP contribution >= 0.6 is 11.6 Å². The second-order valence-electron chi connectivity index (χ2n) is 7.40. The number of carbonyl (C=O) groups excluding carboxylic acids is 2. The minimum Gasteiger partial charge on any atom is -0.378 e. The molecule has 1 fully saturated rings. The second-order valence-corrected chi connectivity index (χ2v) is 9.70. The standard InChI is InChI=1S/C22H26ClN3O5S/c1-3-20(26(32(2,29)30)17-8-6-7-16(23)15-17)21(27)24-19-10-5-4-9-18(19)22(28)25-11-13-31-14-12-25/h4-10,15,20H,3,11-14H2,1-2H3,(H,24,27). The number of sulfonamides is 1. The lowest BCUT2D eigenvalue weighted by atomic mass is 10.1. The maximum Gasteiger partial charge on any atom is 0.256 e. The Bertz CT molecular complexity index is 1090. The maximum absolute atomic E-state index is 13.2. The van der Waals surface area contributed by atoms with Crippen molar-refractivity contribution in [1.29, 1.82) is 0 Å². The number of ether oxygens (including phenoxy) is 1. The molecule has 0 aliphatic carbocycles. The lowest BCUT2D eigenvalue weighted by Crippen LogP contribution is -2.47. The summed E-state index contributed by atoms with van der Waals surface area (Å²) >= 11 is 6.05. The first-order valence-corrected chi connectivity index (χ1v) is 12.5. The molecule has 0 spiro atoms. The van der Waals surface area contributed by atoms with E-state index in [1.807, 2.05) is 0 Å². The summed E-state index contributed by atoms with van der Waals surface area (Å²) in [6.07, 6.45) is 1.25. The molecule has 0 radical (unpaired) electrons. The minimum absolute atomic E-state index is 0.213. The Morgan fingerprint density at radius 3 is 2.47 bits per heavy atom. The van der Waals surface area contributed by atoms with Crippen molar-refractivity contribution in [2.24, 2.45) is 0 Å². The van der Waals surface area contributed by atoms with E-state index in [1.54, 1.807) is 54.3 Å². The third kappa shape index (κ3) is 5.59. The molecule has 1 aliphatic rings. The summed E-state index contributed by atoms with van der Waals surface area (Å²) < 4.78 is 31.6. The number of hydrogen-bond donors (Lipinski definition) is 1. The van der Waals surface area contributed by atoms with E-state index < -0.39 is 22.0 Å². The Labute approximate surface area is 193 Å². The number of para-hydroxylation sites is 1. The molecule has 8 nitrogen and oxygen atoms in total. The van der Waals surface area contributed by atoms with Gasteiger partial charge in [-0.15, -0.1) is 0 Å². The quantitative estimate of drug-likeness (QED) is 0.658. The Morgan fingerprint density at radius 2 is 1.84 bits per heavy atom. The van der Waals surface area contributed by atoms with E-state index in [1.165, 1.54) is 6.07 Å². The zero-order valence-electron chi connectivity index (χ0n) is 18.0. The van der Waals surface area contributed by atoms with Gasteiger partial charge < -0.3 is 15.0 Å². The molecule has 0 aromatic heterocycles. The number of anilines is 2. The number of benzene rings is 2. The Balaban J connectivity index is 1.90. The number of amides is 2. The van der Waals surface area contributed by atoms with Crippen molar-refractivity contribution in [3.8, 4) is 0 Å². The molecular formula is C22H26ClN3O5S. The molecule has 172 valence electrons. The van der Waals surface area contributed by atoms with Crippen LogP contribution < -0.4 is 9.62 Å². The fourth-order valence-corrected chi connectivity index (χ4v) is 4.99. The van der Waals surface area contributed by atoms with E-state index in [0.717, 1.165) is 10.6 Å². The summed E-state index contributed by atoms with van der Waals surface area (Å²) in [6, 6.07) is 12.0. The highest BCUT2D eigenvalue weighted by Crippen LogP contribution is 2.27. The van der Waals surface area contributed by atoms with E-state index in [0.29, 0.717) is 48.3 Å². The topological polar surface area (TPSA) is 96.0 Å². The zero-order chi connectivity index (χ0) is 23.3. The summed E-state index contributed by atoms with van der Waals surface area (Å²) in [4.78, 5) is 27.9. The van der Waals surface area contributed by atoms with Gasteiger partial charge >= 0.3 is 0 Å². The molecule has 2 aromatic rings. The highest BCUT2D eigenvalue weighted by Gasteiger charge is 2.32. The van der Waals surface area contributed by atoms with Gasteiger partial charge in [0, 0.05) is 18.1 Å². The molecule has 1 aliphatic heterocycles. The predicted molar refractivity (Wildman–Crippen MR) is 125 cm³/mol. The minimum atomic E-state index is -3.80. The summed E-state index contributed by atoms with van der Waals surface area (Å²) in [5.41, 5.74) is 0.956. The van der Waals surface area contributed by atoms with Crippen LogP contribution in [0, 0.1) is 0 Å². The predicted octanol–water partition coefficient (Wildman–Crippen LogP) is 3.00. The van der Waals surface area contributed by atoms with Crippen LogP contribution in [-0.2, 0) is 19.6 Å². The van der Waals surface area contributed by atoms with Crippen molar-refractivity contribution in [1.82, 2.24) is 4.90 Å². The van der Waals surface area contributed by atoms with Crippen molar-refractivity contribution >= 4 is 44.8 Å². The summed E-state index contributed by atoms with van der Waals surface area (Å²) in [5, 5.41) is 3.12. The van der Waals surface area contributed by atoms with Gasteiger partial charge in [0.15, 0.2) is 0 Å². The fraction of sp³-hybridized carbons (Fsp3) is 0.364. The van der Waals surface area contributed by atoms with E-state index in [4.69, 9.17) is 16.3 Å². The van der Waals surface area contributed by atoms with Gasteiger partial charge in [-0.25, -0.2) is 8.42 Å². The Kier molecular flexibility index (Phi) is 7.76. The maximum atomic E-state index is 13.2. The molecule has 3 rings (SSSR count). The number of halogens is 1. The third-order valence-electron chi connectivity index (χ3n) is 5.11. The van der Waals surface area contributed by atoms with Crippen molar-refractivity contribution < 1.29 is 22.7 Å². The van der Waals surface area contributed by atoms with Crippen molar-refractivity contribution in [2.45, 2.75) is 19.4 Å². The highest BCUT2D eigenvalue weighted by atomic mass is 35.5. The SMILES string of the molecule is CCC(C(=O)Nc1ccccc1C(=O)N1CCOCC1)N(c1cccc(Cl)c1)S(C)(=O)=O. The van der Waals surface area contributed by atoms with Gasteiger partial charge in [0.1, 0.15) is 6.04 Å². The van der Waals surface area contributed by atoms with Gasteiger partial charge in [-0.05, 0) is 36.8 Å². The van der Waals surface area contributed by atoms with Crippen molar-refractivity contribution in [3.05, 3.63) is 59.1 Å². The second kappa shape index (κ2) is 10.3. The first-order valence-electron chi connectivity index (χ1n) is 10.2. The van der Waals surface area contributed by atoms with Gasteiger partial charge in [0.2, 0.25) is 15.9 Å². The van der Waals surface area contributed by atoms with E-state index in [9.17, 15) is 18.0 Å². The molecule has 0 bridgehead atoms. The number of rotatable bonds is 7. The highest BCUT2D eigenvalue weighted by molar-refractivity contribution is 7.92. The number of nitrogens with one attached hydrogen (secondary N) is 1. The van der Waals surface area contributed by atoms with Crippen LogP contribution in [0.15, 0.2) is 48.5 Å². The van der Waals surface area contributed by atoms with Crippen molar-refractivity contribution in [3.63, 3.8) is 0 Å². The van der Waals surface area contributed by atoms with Crippen LogP contribution in [0.3, 0.4) is 0 Å². The molecule has 10 heteroatoms. The van der Waals surface area contributed by atoms with Crippen LogP contribution in [0.25, 0.3) is 0 Å². The van der Waals surface area contributed by atoms with Crippen LogP contribution in [0.2, 0.25) is 5.02 Å². The van der Waals surface area contributed by atoms with Gasteiger partial charge in [-0.3, -0.25) is 13.9 Å². The average Bonchev–Trinajstić information content (AvgIpc) is 2.77. The largest absolute Gasteiger partial charge is 0.378 e. The number of nitrogens with zero attached hydrogens (tertiary/aromatic N) is 2. The van der Waals surface area contributed by atoms with E-state index >= 15 is 0 Å². The molecule has 1 N–H and O–H groups in total. The Morgan fingerprint density at radius 1 is 1.16 bits per heavy atom. The zero-order valence-corrected chi connectivity index (χ0v) is 19.5. The van der Waals surface area contributed by atoms with Crippen LogP contribution in [0.5, 0.6) is 0 Å². The average molecular weight is 480 g/mol. The first kappa shape index (κ1) is 24.0. The van der Waals surface area contributed by atoms with Crippen LogP contribution in [0.4, 0.5) is 11.4 Å². The summed E-state index contributed by atoms with van der Waals surface area (Å²) in [6.45, 7) is 3.57. The van der Waals surface area contributed by atoms with Gasteiger partial charge in [0.25, 0.3) is 5.91 Å². The van der Waals surface area contributed by atoms with E-state index in [2.05, 4.69) is 5.32 Å². The molecule has 1 saturated heterocycles. The third-order valence-corrected chi connectivity index (χ3v) is 6.52. The normalized spacial score (nSPS) is 15.2. The molecule has 0 saturated carbocycles. The summed E-state index contributed by atoms with van der Waals surface area (Å²) in [5.74, 6) is -0.757. The lowest BCUT2D eigenvalue weighted by Gasteiger charge is -2.31. The number of hydrogen-bond acceptors (Lipinski definition) is 5. The van der Waals surface area contributed by atoms with Crippen LogP contribution in [0.1, 0.15) is 23.7 Å². The van der Waals surface area contributed by atoms with Gasteiger partial charge in [-0.2, -0.15) is 0 Å². The molecule has 2 amide bonds. The lowest BCUT2D eigenvalue weighted by molar-refractivity contribution is -0.117. The molecule has 1 atom stereocenters. The molecular weight excluding hydrogens is 454 g/mol. The Hall–Kier alpha value is -2.62. The van der Waals surface area contributed by atoms with Gasteiger partial charge in [-0.1, -0.05) is 36.7 Å². The summed E-state index contributed by atoms with van der Waals surface area (Å²) in [7, 11) is -3.80. The monoisotopic (exact) mass is 479 g/mol. The van der Waals surface area contributed by atoms with Crippen LogP contribution in [-0.4, -0.2) is 63.7 Å². The first-order chi connectivity index (χ1) is 15.2. The smallest absolute Gasteiger partial charge is 0.256 e.